The van der Waals surface area contributed by atoms with Gasteiger partial charge >= 0.3 is 0 Å². The number of fused-ring (bicyclic) bond motifs is 1. The standard InChI is InChI=1S/C15H12N2OS/c19-10-16-9-14-8-15(17-18-14)13-6-5-11-3-1-2-4-12(11)7-13/h1-8,14,17H,9H2. The zero-order valence-corrected chi connectivity index (χ0v) is 11.0. The second kappa shape index (κ2) is 5.33. The van der Waals surface area contributed by atoms with Gasteiger partial charge in [-0.2, -0.15) is 0 Å². The third kappa shape index (κ3) is 2.56. The lowest BCUT2D eigenvalue weighted by Crippen LogP contribution is -2.14. The van der Waals surface area contributed by atoms with Crippen molar-refractivity contribution in [2.45, 2.75) is 6.10 Å². The van der Waals surface area contributed by atoms with Gasteiger partial charge in [-0.1, -0.05) is 36.4 Å². The summed E-state index contributed by atoms with van der Waals surface area (Å²) >= 11 is 4.55. The average Bonchev–Trinajstić information content (AvgIpc) is 2.93. The fourth-order valence-electron chi connectivity index (χ4n) is 2.12. The molecule has 0 fully saturated rings. The first-order chi connectivity index (χ1) is 9.36. The van der Waals surface area contributed by atoms with Crippen LogP contribution in [0.25, 0.3) is 16.5 Å². The van der Waals surface area contributed by atoms with Gasteiger partial charge in [-0.05, 0) is 35.1 Å². The lowest BCUT2D eigenvalue weighted by atomic mass is 10.0. The van der Waals surface area contributed by atoms with E-state index < -0.39 is 0 Å². The second-order valence-corrected chi connectivity index (χ2v) is 4.52. The maximum atomic E-state index is 5.41. The van der Waals surface area contributed by atoms with Gasteiger partial charge < -0.3 is 0 Å². The zero-order valence-electron chi connectivity index (χ0n) is 10.2. The summed E-state index contributed by atoms with van der Waals surface area (Å²) < 4.78 is 0. The van der Waals surface area contributed by atoms with E-state index in [0.717, 1.165) is 11.3 Å². The van der Waals surface area contributed by atoms with Gasteiger partial charge in [-0.25, -0.2) is 4.99 Å². The quantitative estimate of drug-likeness (QED) is 0.685. The minimum atomic E-state index is -0.0862. The summed E-state index contributed by atoms with van der Waals surface area (Å²) in [6.45, 7) is 0.494. The van der Waals surface area contributed by atoms with Crippen molar-refractivity contribution in [1.29, 1.82) is 0 Å². The number of benzene rings is 2. The number of rotatable bonds is 3. The third-order valence-electron chi connectivity index (χ3n) is 3.07. The Labute approximate surface area is 116 Å². The molecule has 0 spiro atoms. The number of nitrogens with zero attached hydrogens (tertiary/aromatic N) is 1. The van der Waals surface area contributed by atoms with E-state index in [1.54, 1.807) is 0 Å². The van der Waals surface area contributed by atoms with Crippen LogP contribution in [0, 0.1) is 0 Å². The average molecular weight is 268 g/mol. The summed E-state index contributed by atoms with van der Waals surface area (Å²) in [6.07, 6.45) is 1.93. The molecule has 3 nitrogen and oxygen atoms in total. The van der Waals surface area contributed by atoms with Gasteiger partial charge in [0.1, 0.15) is 6.10 Å². The van der Waals surface area contributed by atoms with Gasteiger partial charge in [0.05, 0.1) is 17.4 Å². The van der Waals surface area contributed by atoms with Crippen LogP contribution in [0.3, 0.4) is 0 Å². The number of nitrogens with one attached hydrogen (secondary N) is 1. The van der Waals surface area contributed by atoms with E-state index in [9.17, 15) is 0 Å². The molecule has 0 amide bonds. The van der Waals surface area contributed by atoms with Crippen molar-refractivity contribution in [1.82, 2.24) is 5.48 Å². The summed E-state index contributed by atoms with van der Waals surface area (Å²) in [5, 5.41) is 4.79. The maximum absolute atomic E-state index is 5.41. The second-order valence-electron chi connectivity index (χ2n) is 4.33. The highest BCUT2D eigenvalue weighted by Crippen LogP contribution is 2.23. The summed E-state index contributed by atoms with van der Waals surface area (Å²) in [5.41, 5.74) is 5.01. The van der Waals surface area contributed by atoms with Crippen LogP contribution in [-0.2, 0) is 4.84 Å². The molecule has 0 bridgehead atoms. The van der Waals surface area contributed by atoms with Crippen LogP contribution in [0.4, 0.5) is 0 Å². The molecule has 4 heteroatoms. The van der Waals surface area contributed by atoms with Crippen molar-refractivity contribution in [2.75, 3.05) is 6.54 Å². The molecule has 19 heavy (non-hydrogen) atoms. The Hall–Kier alpha value is -2.00. The lowest BCUT2D eigenvalue weighted by Gasteiger charge is -2.05. The molecular formula is C15H12N2OS. The molecule has 94 valence electrons. The largest absolute Gasteiger partial charge is 0.267 e. The molecule has 0 aromatic heterocycles. The molecule has 3 rings (SSSR count). The van der Waals surface area contributed by atoms with Crippen LogP contribution in [0.15, 0.2) is 53.5 Å². The van der Waals surface area contributed by atoms with Gasteiger partial charge in [-0.15, -0.1) is 0 Å². The van der Waals surface area contributed by atoms with E-state index in [1.807, 2.05) is 18.2 Å². The Bertz CT molecular complexity index is 689. The number of hydroxylamine groups is 1. The fraction of sp³-hybridized carbons (Fsp3) is 0.133. The minimum absolute atomic E-state index is 0.0862. The van der Waals surface area contributed by atoms with Crippen molar-refractivity contribution in [3.8, 4) is 0 Å². The number of hydrogen-bond acceptors (Lipinski definition) is 4. The number of aliphatic imine (C=N–C) groups is 1. The summed E-state index contributed by atoms with van der Waals surface area (Å²) in [7, 11) is 0. The van der Waals surface area contributed by atoms with E-state index in [1.165, 1.54) is 10.8 Å². The van der Waals surface area contributed by atoms with Gasteiger partial charge in [-0.3, -0.25) is 10.3 Å². The Morgan fingerprint density at radius 3 is 2.89 bits per heavy atom. The molecule has 0 radical (unpaired) electrons. The smallest absolute Gasteiger partial charge is 0.126 e. The van der Waals surface area contributed by atoms with Crippen LogP contribution in [-0.4, -0.2) is 17.8 Å². The summed E-state index contributed by atoms with van der Waals surface area (Å²) in [5.74, 6) is 0. The first kappa shape index (κ1) is 12.1. The summed E-state index contributed by atoms with van der Waals surface area (Å²) in [4.78, 5) is 9.30. The van der Waals surface area contributed by atoms with Crippen LogP contribution in [0.2, 0.25) is 0 Å². The molecule has 0 saturated carbocycles. The molecule has 2 aromatic carbocycles. The van der Waals surface area contributed by atoms with Gasteiger partial charge in [0, 0.05) is 5.56 Å². The van der Waals surface area contributed by atoms with E-state index in [2.05, 4.69) is 58.2 Å². The minimum Gasteiger partial charge on any atom is -0.267 e. The first-order valence-electron chi connectivity index (χ1n) is 6.03. The number of isothiocyanates is 1. The Kier molecular flexibility index (Phi) is 3.38. The molecule has 1 aliphatic heterocycles. The highest BCUT2D eigenvalue weighted by Gasteiger charge is 2.16. The van der Waals surface area contributed by atoms with E-state index in [0.29, 0.717) is 6.54 Å². The molecule has 1 atom stereocenters. The van der Waals surface area contributed by atoms with Crippen molar-refractivity contribution in [2.24, 2.45) is 4.99 Å². The molecule has 1 aliphatic rings. The number of hydrogen-bond donors (Lipinski definition) is 1. The van der Waals surface area contributed by atoms with Gasteiger partial charge in [0.15, 0.2) is 0 Å². The molecule has 1 N–H and O–H groups in total. The van der Waals surface area contributed by atoms with Crippen molar-refractivity contribution in [3.05, 3.63) is 54.1 Å². The topological polar surface area (TPSA) is 33.6 Å². The molecule has 0 aliphatic carbocycles. The lowest BCUT2D eigenvalue weighted by molar-refractivity contribution is 0.0571. The Balaban J connectivity index is 1.90. The highest BCUT2D eigenvalue weighted by atomic mass is 32.1. The Morgan fingerprint density at radius 1 is 1.21 bits per heavy atom. The van der Waals surface area contributed by atoms with Crippen molar-refractivity contribution >= 4 is 33.8 Å². The van der Waals surface area contributed by atoms with E-state index in [-0.39, 0.29) is 6.10 Å². The normalized spacial score (nSPS) is 17.7. The van der Waals surface area contributed by atoms with Crippen LogP contribution in [0.1, 0.15) is 5.56 Å². The molecule has 1 unspecified atom stereocenters. The van der Waals surface area contributed by atoms with E-state index >= 15 is 0 Å². The third-order valence-corrected chi connectivity index (χ3v) is 3.20. The SMILES string of the molecule is S=C=NCC1C=C(c2ccc3ccccc3c2)NO1. The van der Waals surface area contributed by atoms with Gasteiger partial charge in [0.25, 0.3) is 0 Å². The van der Waals surface area contributed by atoms with Gasteiger partial charge in [0.2, 0.25) is 0 Å². The summed E-state index contributed by atoms with van der Waals surface area (Å²) in [6, 6.07) is 14.6. The maximum Gasteiger partial charge on any atom is 0.126 e. The van der Waals surface area contributed by atoms with Crippen molar-refractivity contribution < 1.29 is 4.84 Å². The predicted molar refractivity (Wildman–Crippen MR) is 79.8 cm³/mol. The van der Waals surface area contributed by atoms with Crippen LogP contribution >= 0.6 is 12.2 Å². The zero-order chi connectivity index (χ0) is 13.1. The van der Waals surface area contributed by atoms with Crippen molar-refractivity contribution in [3.63, 3.8) is 0 Å². The highest BCUT2D eigenvalue weighted by molar-refractivity contribution is 7.78. The molecular weight excluding hydrogens is 256 g/mol. The first-order valence-corrected chi connectivity index (χ1v) is 6.44. The Morgan fingerprint density at radius 2 is 2.05 bits per heavy atom. The van der Waals surface area contributed by atoms with E-state index in [4.69, 9.17) is 4.84 Å². The molecule has 0 saturated heterocycles. The monoisotopic (exact) mass is 268 g/mol. The number of thiocarbonyl (C=S) groups is 1. The fourth-order valence-corrected chi connectivity index (χ4v) is 2.20. The van der Waals surface area contributed by atoms with Crippen LogP contribution in [0.5, 0.6) is 0 Å². The van der Waals surface area contributed by atoms with Crippen LogP contribution < -0.4 is 5.48 Å². The molecule has 2 aromatic rings. The molecule has 1 heterocycles. The predicted octanol–water partition coefficient (Wildman–Crippen LogP) is 3.19.